The Labute approximate surface area is 199 Å². The summed E-state index contributed by atoms with van der Waals surface area (Å²) in [4.78, 5) is 18.2. The molecule has 0 aliphatic heterocycles. The van der Waals surface area contributed by atoms with Crippen molar-refractivity contribution in [2.45, 2.75) is 54.0 Å². The fourth-order valence-corrected chi connectivity index (χ4v) is 5.79. The molecule has 194 valence electrons. The van der Waals surface area contributed by atoms with Gasteiger partial charge in [-0.2, -0.15) is 26.3 Å². The van der Waals surface area contributed by atoms with E-state index in [1.807, 2.05) is 0 Å². The number of carbonyl (C=O) groups excluding carboxylic acids is 1. The zero-order valence-corrected chi connectivity index (χ0v) is 19.0. The quantitative estimate of drug-likeness (QED) is 0.436. The molecule has 2 N–H and O–H groups in total. The SMILES string of the molecule is O=C(N[C@H]1CC[C@@](F)(S(=O)(=O)c2cccc(C(F)(F)F)c2)CC1)c1nc2cc(C(F)(F)F)ccc2[nH]1. The number of halogens is 7. The molecule has 0 unspecified atom stereocenters. The molecule has 14 heteroatoms. The molecular formula is C22H18F7N3O3S. The highest BCUT2D eigenvalue weighted by Gasteiger charge is 2.48. The van der Waals surface area contributed by atoms with Crippen LogP contribution in [-0.2, 0) is 22.2 Å². The van der Waals surface area contributed by atoms with Gasteiger partial charge in [0.25, 0.3) is 5.91 Å². The Morgan fingerprint density at radius 3 is 2.19 bits per heavy atom. The van der Waals surface area contributed by atoms with E-state index in [1.165, 1.54) is 0 Å². The molecule has 1 saturated carbocycles. The molecule has 1 fully saturated rings. The third-order valence-electron chi connectivity index (χ3n) is 6.05. The first-order valence-corrected chi connectivity index (χ1v) is 12.1. The van der Waals surface area contributed by atoms with E-state index in [2.05, 4.69) is 15.3 Å². The van der Waals surface area contributed by atoms with Gasteiger partial charge in [-0.05, 0) is 62.1 Å². The third kappa shape index (κ3) is 4.90. The van der Waals surface area contributed by atoms with Crippen LogP contribution in [0, 0.1) is 0 Å². The maximum absolute atomic E-state index is 15.5. The van der Waals surface area contributed by atoms with Crippen molar-refractivity contribution in [1.29, 1.82) is 0 Å². The number of alkyl halides is 7. The first-order valence-electron chi connectivity index (χ1n) is 10.6. The maximum atomic E-state index is 15.5. The highest BCUT2D eigenvalue weighted by atomic mass is 32.2. The second-order valence-electron chi connectivity index (χ2n) is 8.47. The second kappa shape index (κ2) is 8.75. The molecule has 4 rings (SSSR count). The Balaban J connectivity index is 1.45. The van der Waals surface area contributed by atoms with E-state index in [0.29, 0.717) is 12.1 Å². The van der Waals surface area contributed by atoms with Gasteiger partial charge in [0.05, 0.1) is 27.1 Å². The monoisotopic (exact) mass is 537 g/mol. The lowest BCUT2D eigenvalue weighted by Gasteiger charge is -2.33. The molecule has 3 aromatic rings. The number of hydrogen-bond donors (Lipinski definition) is 2. The number of carbonyl (C=O) groups is 1. The Morgan fingerprint density at radius 2 is 1.58 bits per heavy atom. The molecule has 36 heavy (non-hydrogen) atoms. The zero-order chi connectivity index (χ0) is 26.5. The largest absolute Gasteiger partial charge is 0.416 e. The van der Waals surface area contributed by atoms with Crippen LogP contribution in [0.2, 0.25) is 0 Å². The summed E-state index contributed by atoms with van der Waals surface area (Å²) >= 11 is 0. The van der Waals surface area contributed by atoms with Gasteiger partial charge in [0.1, 0.15) is 0 Å². The van der Waals surface area contributed by atoms with E-state index >= 15 is 4.39 Å². The number of benzene rings is 2. The Bertz CT molecular complexity index is 1410. The highest BCUT2D eigenvalue weighted by molar-refractivity contribution is 7.92. The summed E-state index contributed by atoms with van der Waals surface area (Å²) in [5.74, 6) is -1.06. The smallest absolute Gasteiger partial charge is 0.347 e. The number of aromatic nitrogens is 2. The second-order valence-corrected chi connectivity index (χ2v) is 10.7. The number of hydrogen-bond acceptors (Lipinski definition) is 4. The molecule has 6 nitrogen and oxygen atoms in total. The maximum Gasteiger partial charge on any atom is 0.416 e. The average Bonchev–Trinajstić information content (AvgIpc) is 3.23. The number of nitrogens with zero attached hydrogens (tertiary/aromatic N) is 1. The van der Waals surface area contributed by atoms with Crippen LogP contribution in [0.4, 0.5) is 30.7 Å². The van der Waals surface area contributed by atoms with Crippen LogP contribution in [0.3, 0.4) is 0 Å². The molecule has 1 heterocycles. The van der Waals surface area contributed by atoms with E-state index in [9.17, 15) is 39.6 Å². The van der Waals surface area contributed by atoms with Crippen LogP contribution in [0.15, 0.2) is 47.4 Å². The lowest BCUT2D eigenvalue weighted by Crippen LogP contribution is -2.45. The van der Waals surface area contributed by atoms with Gasteiger partial charge in [-0.15, -0.1) is 0 Å². The fourth-order valence-electron chi connectivity index (χ4n) is 4.06. The van der Waals surface area contributed by atoms with E-state index < -0.39 is 68.0 Å². The third-order valence-corrected chi connectivity index (χ3v) is 8.29. The van der Waals surface area contributed by atoms with Crippen LogP contribution in [0.25, 0.3) is 11.0 Å². The van der Waals surface area contributed by atoms with Gasteiger partial charge < -0.3 is 10.3 Å². The molecule has 0 bridgehead atoms. The van der Waals surface area contributed by atoms with Crippen molar-refractivity contribution in [2.75, 3.05) is 0 Å². The van der Waals surface area contributed by atoms with Crippen molar-refractivity contribution in [3.8, 4) is 0 Å². The zero-order valence-electron chi connectivity index (χ0n) is 18.2. The summed E-state index contributed by atoms with van der Waals surface area (Å²) in [5.41, 5.74) is -2.07. The van der Waals surface area contributed by atoms with Crippen LogP contribution in [0.1, 0.15) is 47.4 Å². The van der Waals surface area contributed by atoms with Crippen LogP contribution >= 0.6 is 0 Å². The number of H-pyrrole nitrogens is 1. The summed E-state index contributed by atoms with van der Waals surface area (Å²) in [6.07, 6.45) is -10.8. The van der Waals surface area contributed by atoms with Gasteiger partial charge in [-0.1, -0.05) is 6.07 Å². The van der Waals surface area contributed by atoms with Crippen LogP contribution < -0.4 is 5.32 Å². The summed E-state index contributed by atoms with van der Waals surface area (Å²) < 4.78 is 119. The minimum atomic E-state index is -4.80. The number of fused-ring (bicyclic) bond motifs is 1. The molecule has 1 aliphatic rings. The van der Waals surface area contributed by atoms with Crippen LogP contribution in [-0.4, -0.2) is 35.3 Å². The topological polar surface area (TPSA) is 91.9 Å². The summed E-state index contributed by atoms with van der Waals surface area (Å²) in [6.45, 7) is 0. The predicted octanol–water partition coefficient (Wildman–Crippen LogP) is 5.41. The van der Waals surface area contributed by atoms with Gasteiger partial charge in [-0.25, -0.2) is 17.8 Å². The van der Waals surface area contributed by atoms with Gasteiger partial charge in [0.15, 0.2) is 5.82 Å². The van der Waals surface area contributed by atoms with E-state index in [4.69, 9.17) is 0 Å². The minimum Gasteiger partial charge on any atom is -0.347 e. The predicted molar refractivity (Wildman–Crippen MR) is 113 cm³/mol. The summed E-state index contributed by atoms with van der Waals surface area (Å²) in [6, 6.07) is 4.89. The van der Waals surface area contributed by atoms with Gasteiger partial charge >= 0.3 is 12.4 Å². The molecule has 1 amide bonds. The van der Waals surface area contributed by atoms with Gasteiger partial charge in [0, 0.05) is 6.04 Å². The minimum absolute atomic E-state index is 0.0893. The summed E-state index contributed by atoms with van der Waals surface area (Å²) in [5, 5.41) is -0.294. The van der Waals surface area contributed by atoms with Crippen molar-refractivity contribution < 1.29 is 43.9 Å². The molecule has 2 aromatic carbocycles. The first-order chi connectivity index (χ1) is 16.6. The molecule has 0 spiro atoms. The molecule has 1 aromatic heterocycles. The summed E-state index contributed by atoms with van der Waals surface area (Å²) in [7, 11) is -4.77. The molecule has 0 saturated heterocycles. The Morgan fingerprint density at radius 1 is 0.972 bits per heavy atom. The van der Waals surface area contributed by atoms with Gasteiger partial charge in [-0.3, -0.25) is 4.79 Å². The van der Waals surface area contributed by atoms with Crippen molar-refractivity contribution in [2.24, 2.45) is 0 Å². The number of imidazole rings is 1. The lowest BCUT2D eigenvalue weighted by atomic mass is 9.93. The van der Waals surface area contributed by atoms with E-state index in [0.717, 1.165) is 30.3 Å². The normalized spacial score (nSPS) is 21.5. The van der Waals surface area contributed by atoms with Crippen LogP contribution in [0.5, 0.6) is 0 Å². The lowest BCUT2D eigenvalue weighted by molar-refractivity contribution is -0.138. The molecular weight excluding hydrogens is 519 g/mol. The fraction of sp³-hybridized carbons (Fsp3) is 0.364. The first kappa shape index (κ1) is 25.9. The Kier molecular flexibility index (Phi) is 6.30. The number of rotatable bonds is 4. The van der Waals surface area contributed by atoms with Crippen molar-refractivity contribution >= 4 is 26.8 Å². The molecule has 1 aliphatic carbocycles. The molecule has 0 radical (unpaired) electrons. The average molecular weight is 537 g/mol. The number of aromatic amines is 1. The highest BCUT2D eigenvalue weighted by Crippen LogP contribution is 2.41. The number of amides is 1. The van der Waals surface area contributed by atoms with Crippen molar-refractivity contribution in [3.63, 3.8) is 0 Å². The number of sulfone groups is 1. The van der Waals surface area contributed by atoms with E-state index in [-0.39, 0.29) is 29.7 Å². The standard InChI is InChI=1S/C22H18F7N3O3S/c23-20(36(34,35)15-3-1-2-12(10-15)21(24,25)26)8-6-14(7-9-20)30-19(33)18-31-16-5-4-13(22(27,28)29)11-17(16)32-18/h1-5,10-11,14H,6-9H2,(H,30,33)(H,31,32)/t14-,20+. The number of nitrogens with one attached hydrogen (secondary N) is 2. The van der Waals surface area contributed by atoms with E-state index in [1.54, 1.807) is 0 Å². The Hall–Kier alpha value is -3.16. The van der Waals surface area contributed by atoms with Crippen molar-refractivity contribution in [3.05, 3.63) is 59.4 Å². The molecule has 0 atom stereocenters. The van der Waals surface area contributed by atoms with Crippen molar-refractivity contribution in [1.82, 2.24) is 15.3 Å². The van der Waals surface area contributed by atoms with Gasteiger partial charge in [0.2, 0.25) is 14.8 Å².